The first-order valence-electron chi connectivity index (χ1n) is 4.77. The number of quaternary nitrogens is 1. The van der Waals surface area contributed by atoms with Crippen molar-refractivity contribution in [3.63, 3.8) is 0 Å². The van der Waals surface area contributed by atoms with Crippen molar-refractivity contribution in [3.8, 4) is 0 Å². The summed E-state index contributed by atoms with van der Waals surface area (Å²) in [6.45, 7) is 6.91. The minimum atomic E-state index is -0.275. The van der Waals surface area contributed by atoms with Gasteiger partial charge in [-0.25, -0.2) is 4.79 Å². The van der Waals surface area contributed by atoms with Gasteiger partial charge in [0.05, 0.1) is 12.6 Å². The van der Waals surface area contributed by atoms with E-state index in [0.29, 0.717) is 6.54 Å². The Balaban J connectivity index is 2.60. The lowest BCUT2D eigenvalue weighted by Gasteiger charge is -2.39. The summed E-state index contributed by atoms with van der Waals surface area (Å²) in [5.41, 5.74) is 0.0936. The largest absolute Gasteiger partial charge is 0.627 e. The lowest BCUT2D eigenvalue weighted by Crippen LogP contribution is -3.14. The molecule has 1 saturated heterocycles. The lowest BCUT2D eigenvalue weighted by atomic mass is 9.81. The van der Waals surface area contributed by atoms with Crippen molar-refractivity contribution in [2.45, 2.75) is 33.2 Å². The van der Waals surface area contributed by atoms with Crippen LogP contribution in [0.25, 0.3) is 0 Å². The molecule has 0 bridgehead atoms. The number of hydrogen-bond acceptors (Lipinski definition) is 3. The molecule has 1 heterocycles. The fraction of sp³-hybridized carbons (Fsp3) is 0.889. The van der Waals surface area contributed by atoms with E-state index in [9.17, 15) is 10.0 Å². The van der Waals surface area contributed by atoms with Crippen molar-refractivity contribution in [2.75, 3.05) is 13.1 Å². The third kappa shape index (κ3) is 2.27. The number of rotatable bonds is 2. The van der Waals surface area contributed by atoms with Crippen LogP contribution in [0.2, 0.25) is 0 Å². The van der Waals surface area contributed by atoms with Crippen LogP contribution < -0.4 is 10.4 Å². The SMILES string of the molecule is CCC(C)(C)C1C[NH+]([O-])C(=O)CN1. The van der Waals surface area contributed by atoms with Crippen LogP contribution in [0.5, 0.6) is 0 Å². The molecule has 1 rings (SSSR count). The van der Waals surface area contributed by atoms with Crippen molar-refractivity contribution in [2.24, 2.45) is 5.41 Å². The average molecular weight is 186 g/mol. The van der Waals surface area contributed by atoms with Gasteiger partial charge in [0.15, 0.2) is 0 Å². The van der Waals surface area contributed by atoms with Crippen molar-refractivity contribution in [1.82, 2.24) is 5.32 Å². The Kier molecular flexibility index (Phi) is 3.05. The summed E-state index contributed by atoms with van der Waals surface area (Å²) < 4.78 is 0. The van der Waals surface area contributed by atoms with Crippen LogP contribution in [0, 0.1) is 10.6 Å². The summed E-state index contributed by atoms with van der Waals surface area (Å²) in [4.78, 5) is 10.9. The first-order chi connectivity index (χ1) is 5.97. The number of hydrogen-bond donors (Lipinski definition) is 2. The fourth-order valence-corrected chi connectivity index (χ4v) is 1.48. The minimum absolute atomic E-state index is 0.0936. The molecule has 0 spiro atoms. The highest BCUT2D eigenvalue weighted by Gasteiger charge is 2.34. The number of hydroxylamine groups is 2. The van der Waals surface area contributed by atoms with E-state index in [1.54, 1.807) is 0 Å². The molecule has 0 aromatic carbocycles. The molecule has 2 unspecified atom stereocenters. The summed E-state index contributed by atoms with van der Waals surface area (Å²) in [7, 11) is 0. The van der Waals surface area contributed by atoms with Crippen LogP contribution >= 0.6 is 0 Å². The maximum atomic E-state index is 11.2. The van der Waals surface area contributed by atoms with Crippen molar-refractivity contribution >= 4 is 5.91 Å². The lowest BCUT2D eigenvalue weighted by molar-refractivity contribution is -0.771. The topological polar surface area (TPSA) is 56.6 Å². The zero-order valence-corrected chi connectivity index (χ0v) is 8.52. The number of nitrogens with one attached hydrogen (secondary N) is 2. The second kappa shape index (κ2) is 3.74. The van der Waals surface area contributed by atoms with E-state index in [1.807, 2.05) is 0 Å². The molecule has 0 aromatic heterocycles. The molecule has 2 N–H and O–H groups in total. The Bertz CT molecular complexity index is 204. The molecular formula is C9H18N2O2. The van der Waals surface area contributed by atoms with E-state index in [2.05, 4.69) is 26.1 Å². The van der Waals surface area contributed by atoms with E-state index in [0.717, 1.165) is 6.42 Å². The van der Waals surface area contributed by atoms with Crippen LogP contribution in [0.15, 0.2) is 0 Å². The van der Waals surface area contributed by atoms with E-state index < -0.39 is 0 Å². The highest BCUT2D eigenvalue weighted by atomic mass is 16.5. The second-order valence-electron chi connectivity index (χ2n) is 4.33. The van der Waals surface area contributed by atoms with Crippen molar-refractivity contribution in [1.29, 1.82) is 0 Å². The Morgan fingerprint density at radius 1 is 1.69 bits per heavy atom. The summed E-state index contributed by atoms with van der Waals surface area (Å²) in [5, 5.41) is 14.1. The van der Waals surface area contributed by atoms with Gasteiger partial charge in [0, 0.05) is 0 Å². The molecule has 13 heavy (non-hydrogen) atoms. The van der Waals surface area contributed by atoms with Gasteiger partial charge in [0.25, 0.3) is 0 Å². The maximum Gasteiger partial charge on any atom is 0.325 e. The molecule has 2 atom stereocenters. The normalized spacial score (nSPS) is 30.6. The highest BCUT2D eigenvalue weighted by molar-refractivity contribution is 5.69. The van der Waals surface area contributed by atoms with E-state index in [-0.39, 0.29) is 29.0 Å². The smallest absolute Gasteiger partial charge is 0.325 e. The second-order valence-corrected chi connectivity index (χ2v) is 4.33. The Morgan fingerprint density at radius 2 is 2.31 bits per heavy atom. The zero-order chi connectivity index (χ0) is 10.1. The third-order valence-electron chi connectivity index (χ3n) is 3.06. The molecule has 0 saturated carbocycles. The van der Waals surface area contributed by atoms with Crippen molar-refractivity contribution < 1.29 is 9.86 Å². The Labute approximate surface area is 78.9 Å². The Morgan fingerprint density at radius 3 is 2.77 bits per heavy atom. The third-order valence-corrected chi connectivity index (χ3v) is 3.06. The first kappa shape index (κ1) is 10.6. The summed E-state index contributed by atoms with van der Waals surface area (Å²) in [5.74, 6) is -0.275. The van der Waals surface area contributed by atoms with Gasteiger partial charge in [-0.2, -0.15) is 0 Å². The predicted molar refractivity (Wildman–Crippen MR) is 50.1 cm³/mol. The summed E-state index contributed by atoms with van der Waals surface area (Å²) in [6, 6.07) is 0.155. The molecule has 76 valence electrons. The molecule has 1 aliphatic rings. The van der Waals surface area contributed by atoms with Gasteiger partial charge in [0.2, 0.25) is 0 Å². The van der Waals surface area contributed by atoms with Crippen LogP contribution in [-0.2, 0) is 4.79 Å². The van der Waals surface area contributed by atoms with Gasteiger partial charge < -0.3 is 10.3 Å². The molecule has 0 aromatic rings. The molecule has 1 aliphatic heterocycles. The zero-order valence-electron chi connectivity index (χ0n) is 8.52. The molecule has 1 amide bonds. The molecule has 1 fully saturated rings. The maximum absolute atomic E-state index is 11.2. The highest BCUT2D eigenvalue weighted by Crippen LogP contribution is 2.24. The molecular weight excluding hydrogens is 168 g/mol. The number of carbonyl (C=O) groups excluding carboxylic acids is 1. The van der Waals surface area contributed by atoms with Crippen molar-refractivity contribution in [3.05, 3.63) is 5.21 Å². The van der Waals surface area contributed by atoms with Gasteiger partial charge in [-0.1, -0.05) is 20.8 Å². The molecule has 0 radical (unpaired) electrons. The first-order valence-corrected chi connectivity index (χ1v) is 4.77. The van der Waals surface area contributed by atoms with E-state index in [1.165, 1.54) is 0 Å². The van der Waals surface area contributed by atoms with Gasteiger partial charge >= 0.3 is 5.91 Å². The summed E-state index contributed by atoms with van der Waals surface area (Å²) in [6.07, 6.45) is 1.01. The summed E-state index contributed by atoms with van der Waals surface area (Å²) >= 11 is 0. The monoisotopic (exact) mass is 186 g/mol. The van der Waals surface area contributed by atoms with Gasteiger partial charge in [-0.3, -0.25) is 5.32 Å². The molecule has 4 heteroatoms. The van der Waals surface area contributed by atoms with Crippen LogP contribution in [0.4, 0.5) is 0 Å². The number of piperazine rings is 1. The average Bonchev–Trinajstić information content (AvgIpc) is 2.09. The Hall–Kier alpha value is -0.450. The fourth-order valence-electron chi connectivity index (χ4n) is 1.48. The van der Waals surface area contributed by atoms with E-state index in [4.69, 9.17) is 0 Å². The van der Waals surface area contributed by atoms with E-state index >= 15 is 0 Å². The quantitative estimate of drug-likeness (QED) is 0.561. The van der Waals surface area contributed by atoms with Gasteiger partial charge in [0.1, 0.15) is 6.54 Å². The molecule has 4 nitrogen and oxygen atoms in total. The van der Waals surface area contributed by atoms with Crippen LogP contribution in [0.3, 0.4) is 0 Å². The molecule has 0 aliphatic carbocycles. The minimum Gasteiger partial charge on any atom is -0.627 e. The van der Waals surface area contributed by atoms with Gasteiger partial charge in [-0.15, -0.1) is 0 Å². The number of amides is 1. The number of carbonyl (C=O) groups is 1. The van der Waals surface area contributed by atoms with Crippen LogP contribution in [0.1, 0.15) is 27.2 Å². The predicted octanol–water partition coefficient (Wildman–Crippen LogP) is -0.696. The standard InChI is InChI=1S/C9H18N2O2/c1-4-9(2,3)7-6-11(13)8(12)5-10-7/h7,10-11H,4-6H2,1-3H3. The van der Waals surface area contributed by atoms with Gasteiger partial charge in [-0.05, 0) is 11.8 Å². The van der Waals surface area contributed by atoms with Crippen LogP contribution in [-0.4, -0.2) is 25.0 Å².